The summed E-state index contributed by atoms with van der Waals surface area (Å²) in [6, 6.07) is 8.06. The van der Waals surface area contributed by atoms with Crippen molar-refractivity contribution in [3.63, 3.8) is 0 Å². The Balaban J connectivity index is 2.89. The van der Waals surface area contributed by atoms with Crippen LogP contribution in [0.5, 0.6) is 0 Å². The SMILES string of the molecule is CN/N=C(/C)c1ccc(Br)cc1. The molecule has 2 nitrogen and oxygen atoms in total. The first-order valence-electron chi connectivity index (χ1n) is 3.71. The first kappa shape index (κ1) is 9.26. The highest BCUT2D eigenvalue weighted by molar-refractivity contribution is 9.10. The summed E-state index contributed by atoms with van der Waals surface area (Å²) in [5, 5.41) is 4.08. The summed E-state index contributed by atoms with van der Waals surface area (Å²) in [7, 11) is 1.79. The molecule has 0 spiro atoms. The summed E-state index contributed by atoms with van der Waals surface area (Å²) in [5.74, 6) is 0. The van der Waals surface area contributed by atoms with Crippen LogP contribution in [0.25, 0.3) is 0 Å². The van der Waals surface area contributed by atoms with E-state index in [0.717, 1.165) is 15.7 Å². The Morgan fingerprint density at radius 1 is 1.33 bits per heavy atom. The van der Waals surface area contributed by atoms with E-state index in [0.29, 0.717) is 0 Å². The number of rotatable bonds is 2. The van der Waals surface area contributed by atoms with E-state index in [4.69, 9.17) is 0 Å². The lowest BCUT2D eigenvalue weighted by Crippen LogP contribution is -2.02. The van der Waals surface area contributed by atoms with Crippen LogP contribution in [0.4, 0.5) is 0 Å². The van der Waals surface area contributed by atoms with Crippen LogP contribution in [0.2, 0.25) is 0 Å². The Morgan fingerprint density at radius 3 is 2.42 bits per heavy atom. The molecule has 3 heteroatoms. The van der Waals surface area contributed by atoms with Crippen LogP contribution in [0.1, 0.15) is 12.5 Å². The average Bonchev–Trinajstić information content (AvgIpc) is 2.06. The molecule has 64 valence electrons. The Hall–Kier alpha value is -0.830. The van der Waals surface area contributed by atoms with Crippen molar-refractivity contribution >= 4 is 21.6 Å². The van der Waals surface area contributed by atoms with Gasteiger partial charge in [0.15, 0.2) is 0 Å². The number of halogens is 1. The molecule has 0 amide bonds. The fraction of sp³-hybridized carbons (Fsp3) is 0.222. The molecular weight excluding hydrogens is 216 g/mol. The molecular formula is C9H11BrN2. The standard InChI is InChI=1S/C9H11BrN2/c1-7(12-11-2)8-3-5-9(10)6-4-8/h3-6,11H,1-2H3/b12-7-. The number of hydrazone groups is 1. The van der Waals surface area contributed by atoms with E-state index in [1.54, 1.807) is 7.05 Å². The predicted molar refractivity (Wildman–Crippen MR) is 55.4 cm³/mol. The maximum Gasteiger partial charge on any atom is 0.0644 e. The van der Waals surface area contributed by atoms with E-state index in [-0.39, 0.29) is 0 Å². The van der Waals surface area contributed by atoms with Crippen molar-refractivity contribution in [2.75, 3.05) is 7.05 Å². The first-order chi connectivity index (χ1) is 5.74. The number of hydrogen-bond donors (Lipinski definition) is 1. The second-order valence-electron chi connectivity index (χ2n) is 2.43. The summed E-state index contributed by atoms with van der Waals surface area (Å²) >= 11 is 3.38. The molecule has 0 heterocycles. The quantitative estimate of drug-likeness (QED) is 0.608. The molecule has 0 aliphatic heterocycles. The molecule has 0 fully saturated rings. The minimum Gasteiger partial charge on any atom is -0.313 e. The van der Waals surface area contributed by atoms with Gasteiger partial charge in [-0.05, 0) is 24.6 Å². The smallest absolute Gasteiger partial charge is 0.0644 e. The van der Waals surface area contributed by atoms with Crippen molar-refractivity contribution in [3.05, 3.63) is 34.3 Å². The van der Waals surface area contributed by atoms with Crippen molar-refractivity contribution in [2.24, 2.45) is 5.10 Å². The van der Waals surface area contributed by atoms with E-state index in [9.17, 15) is 0 Å². The fourth-order valence-corrected chi connectivity index (χ4v) is 1.19. The Kier molecular flexibility index (Phi) is 3.29. The van der Waals surface area contributed by atoms with Gasteiger partial charge in [0.05, 0.1) is 5.71 Å². The van der Waals surface area contributed by atoms with E-state index >= 15 is 0 Å². The van der Waals surface area contributed by atoms with Crippen LogP contribution in [0, 0.1) is 0 Å². The van der Waals surface area contributed by atoms with Crippen molar-refractivity contribution in [1.82, 2.24) is 5.43 Å². The minimum absolute atomic E-state index is 0.991. The molecule has 1 rings (SSSR count). The van der Waals surface area contributed by atoms with Gasteiger partial charge in [0.2, 0.25) is 0 Å². The third kappa shape index (κ3) is 2.34. The molecule has 1 N–H and O–H groups in total. The first-order valence-corrected chi connectivity index (χ1v) is 4.50. The lowest BCUT2D eigenvalue weighted by atomic mass is 10.1. The van der Waals surface area contributed by atoms with Crippen molar-refractivity contribution in [3.8, 4) is 0 Å². The van der Waals surface area contributed by atoms with Crippen molar-refractivity contribution in [1.29, 1.82) is 0 Å². The molecule has 0 bridgehead atoms. The predicted octanol–water partition coefficient (Wildman–Crippen LogP) is 2.39. The normalized spacial score (nSPS) is 11.4. The van der Waals surface area contributed by atoms with Gasteiger partial charge in [-0.3, -0.25) is 0 Å². The molecule has 0 aliphatic carbocycles. The minimum atomic E-state index is 0.991. The molecule has 0 saturated heterocycles. The second kappa shape index (κ2) is 4.26. The van der Waals surface area contributed by atoms with Gasteiger partial charge < -0.3 is 5.43 Å². The van der Waals surface area contributed by atoms with Crippen LogP contribution in [0.15, 0.2) is 33.8 Å². The third-order valence-electron chi connectivity index (χ3n) is 1.54. The summed E-state index contributed by atoms with van der Waals surface area (Å²) in [6.45, 7) is 1.97. The molecule has 1 aromatic rings. The van der Waals surface area contributed by atoms with Gasteiger partial charge >= 0.3 is 0 Å². The second-order valence-corrected chi connectivity index (χ2v) is 3.34. The molecule has 12 heavy (non-hydrogen) atoms. The third-order valence-corrected chi connectivity index (χ3v) is 2.07. The maximum atomic E-state index is 4.08. The zero-order valence-electron chi connectivity index (χ0n) is 7.13. The Bertz CT molecular complexity index is 277. The van der Waals surface area contributed by atoms with Crippen LogP contribution < -0.4 is 5.43 Å². The number of nitrogens with one attached hydrogen (secondary N) is 1. The molecule has 0 aromatic heterocycles. The lowest BCUT2D eigenvalue weighted by Gasteiger charge is -1.99. The fourth-order valence-electron chi connectivity index (χ4n) is 0.923. The van der Waals surface area contributed by atoms with Crippen LogP contribution >= 0.6 is 15.9 Å². The van der Waals surface area contributed by atoms with Crippen LogP contribution in [-0.2, 0) is 0 Å². The average molecular weight is 227 g/mol. The van der Waals surface area contributed by atoms with Gasteiger partial charge in [-0.25, -0.2) is 0 Å². The summed E-state index contributed by atoms with van der Waals surface area (Å²) in [6.07, 6.45) is 0. The van der Waals surface area contributed by atoms with E-state index in [2.05, 4.69) is 26.5 Å². The number of hydrogen-bond acceptors (Lipinski definition) is 2. The molecule has 1 aromatic carbocycles. The number of nitrogens with zero attached hydrogens (tertiary/aromatic N) is 1. The van der Waals surface area contributed by atoms with Crippen LogP contribution in [0.3, 0.4) is 0 Å². The summed E-state index contributed by atoms with van der Waals surface area (Å²) < 4.78 is 1.09. The van der Waals surface area contributed by atoms with Crippen molar-refractivity contribution in [2.45, 2.75) is 6.92 Å². The summed E-state index contributed by atoms with van der Waals surface area (Å²) in [5.41, 5.74) is 4.88. The molecule has 0 unspecified atom stereocenters. The van der Waals surface area contributed by atoms with E-state index in [1.165, 1.54) is 0 Å². The van der Waals surface area contributed by atoms with Gasteiger partial charge in [-0.2, -0.15) is 5.10 Å². The van der Waals surface area contributed by atoms with Gasteiger partial charge in [0.1, 0.15) is 0 Å². The van der Waals surface area contributed by atoms with Crippen LogP contribution in [-0.4, -0.2) is 12.8 Å². The highest BCUT2D eigenvalue weighted by atomic mass is 79.9. The van der Waals surface area contributed by atoms with Gasteiger partial charge in [-0.1, -0.05) is 28.1 Å². The van der Waals surface area contributed by atoms with Crippen molar-refractivity contribution < 1.29 is 0 Å². The molecule has 0 aliphatic rings. The zero-order chi connectivity index (χ0) is 8.97. The maximum absolute atomic E-state index is 4.08. The Labute approximate surface area is 80.8 Å². The van der Waals surface area contributed by atoms with Gasteiger partial charge in [0, 0.05) is 11.5 Å². The van der Waals surface area contributed by atoms with E-state index in [1.807, 2.05) is 31.2 Å². The largest absolute Gasteiger partial charge is 0.313 e. The lowest BCUT2D eigenvalue weighted by molar-refractivity contribution is 0.900. The molecule has 0 saturated carbocycles. The Morgan fingerprint density at radius 2 is 1.92 bits per heavy atom. The highest BCUT2D eigenvalue weighted by Crippen LogP contribution is 2.10. The zero-order valence-corrected chi connectivity index (χ0v) is 8.72. The summed E-state index contributed by atoms with van der Waals surface area (Å²) in [4.78, 5) is 0. The topological polar surface area (TPSA) is 24.4 Å². The molecule has 0 radical (unpaired) electrons. The van der Waals surface area contributed by atoms with Gasteiger partial charge in [0.25, 0.3) is 0 Å². The monoisotopic (exact) mass is 226 g/mol. The van der Waals surface area contributed by atoms with E-state index < -0.39 is 0 Å². The highest BCUT2D eigenvalue weighted by Gasteiger charge is 1.95. The number of benzene rings is 1. The molecule has 0 atom stereocenters. The van der Waals surface area contributed by atoms with Gasteiger partial charge in [-0.15, -0.1) is 0 Å².